The highest BCUT2D eigenvalue weighted by Crippen LogP contribution is 2.19. The van der Waals surface area contributed by atoms with Gasteiger partial charge >= 0.3 is 12.5 Å². The molecule has 1 aromatic carbocycles. The van der Waals surface area contributed by atoms with Crippen LogP contribution in [0.5, 0.6) is 5.75 Å². The molecule has 2 rings (SSSR count). The Morgan fingerprint density at radius 2 is 1.93 bits per heavy atom. The molecule has 0 radical (unpaired) electrons. The van der Waals surface area contributed by atoms with Crippen LogP contribution in [0.1, 0.15) is 29.1 Å². The van der Waals surface area contributed by atoms with E-state index in [-0.39, 0.29) is 18.0 Å². The largest absolute Gasteiger partial charge is 0.482 e. The fourth-order valence-corrected chi connectivity index (χ4v) is 2.61. The molecule has 2 aromatic rings. The zero-order valence-corrected chi connectivity index (χ0v) is 15.0. The molecular formula is C18H21F2N3O4. The molecule has 0 spiro atoms. The van der Waals surface area contributed by atoms with Crippen LogP contribution in [-0.2, 0) is 22.4 Å². The van der Waals surface area contributed by atoms with Gasteiger partial charge in [0.2, 0.25) is 5.91 Å². The number of hydrogen-bond donors (Lipinski definition) is 2. The number of ether oxygens (including phenoxy) is 1. The highest BCUT2D eigenvalue weighted by molar-refractivity contribution is 5.79. The van der Waals surface area contributed by atoms with Crippen molar-refractivity contribution in [3.05, 3.63) is 46.8 Å². The molecular weight excluding hydrogens is 360 g/mol. The van der Waals surface area contributed by atoms with E-state index >= 15 is 0 Å². The number of benzene rings is 1. The van der Waals surface area contributed by atoms with E-state index in [0.29, 0.717) is 34.7 Å². The Morgan fingerprint density at radius 1 is 1.26 bits per heavy atom. The third-order valence-electron chi connectivity index (χ3n) is 4.02. The van der Waals surface area contributed by atoms with Crippen molar-refractivity contribution in [3.8, 4) is 5.75 Å². The van der Waals surface area contributed by atoms with Crippen LogP contribution in [0.15, 0.2) is 24.3 Å². The van der Waals surface area contributed by atoms with Gasteiger partial charge in [-0.15, -0.1) is 0 Å². The molecule has 0 aliphatic carbocycles. The molecule has 1 amide bonds. The van der Waals surface area contributed by atoms with Gasteiger partial charge in [0, 0.05) is 17.8 Å². The first-order valence-electron chi connectivity index (χ1n) is 8.31. The SMILES string of the molecule is Cc1nn(C(F)F)c(C)c1CC(=O)NCCc1ccc(OCC(=O)O)cc1. The summed E-state index contributed by atoms with van der Waals surface area (Å²) in [6, 6.07) is 6.88. The van der Waals surface area contributed by atoms with Gasteiger partial charge in [0.25, 0.3) is 0 Å². The lowest BCUT2D eigenvalue weighted by Crippen LogP contribution is -2.27. The number of aromatic nitrogens is 2. The number of aryl methyl sites for hydroxylation is 1. The standard InChI is InChI=1S/C18H21F2N3O4/c1-11-15(12(2)23(22-11)18(19)20)9-16(24)21-8-7-13-3-5-14(6-4-13)27-10-17(25)26/h3-6,18H,7-10H2,1-2H3,(H,21,24)(H,25,26). The number of halogens is 2. The molecule has 146 valence electrons. The topological polar surface area (TPSA) is 93.5 Å². The minimum absolute atomic E-state index is 0.00759. The Bertz CT molecular complexity index is 804. The summed E-state index contributed by atoms with van der Waals surface area (Å²) in [7, 11) is 0. The van der Waals surface area contributed by atoms with E-state index in [1.54, 1.807) is 31.2 Å². The van der Waals surface area contributed by atoms with E-state index < -0.39 is 19.1 Å². The summed E-state index contributed by atoms with van der Waals surface area (Å²) in [5.74, 6) is -0.866. The quantitative estimate of drug-likeness (QED) is 0.695. The summed E-state index contributed by atoms with van der Waals surface area (Å²) in [4.78, 5) is 22.5. The van der Waals surface area contributed by atoms with Crippen molar-refractivity contribution < 1.29 is 28.2 Å². The lowest BCUT2D eigenvalue weighted by atomic mass is 10.1. The van der Waals surface area contributed by atoms with Crippen molar-refractivity contribution in [2.75, 3.05) is 13.2 Å². The summed E-state index contributed by atoms with van der Waals surface area (Å²) < 4.78 is 31.3. The number of carboxylic acids is 1. The molecule has 2 N–H and O–H groups in total. The lowest BCUT2D eigenvalue weighted by Gasteiger charge is -2.08. The Kier molecular flexibility index (Phi) is 6.86. The molecule has 9 heteroatoms. The summed E-state index contributed by atoms with van der Waals surface area (Å²) in [6.45, 7) is 0.361. The van der Waals surface area contributed by atoms with E-state index in [0.717, 1.165) is 5.56 Å². The predicted molar refractivity (Wildman–Crippen MR) is 92.9 cm³/mol. The van der Waals surface area contributed by atoms with Crippen molar-refractivity contribution in [1.82, 2.24) is 15.1 Å². The number of carbonyl (C=O) groups excluding carboxylic acids is 1. The first-order valence-corrected chi connectivity index (χ1v) is 8.31. The maximum atomic E-state index is 12.8. The maximum absolute atomic E-state index is 12.8. The fourth-order valence-electron chi connectivity index (χ4n) is 2.61. The molecule has 0 aliphatic rings. The van der Waals surface area contributed by atoms with E-state index in [1.165, 1.54) is 6.92 Å². The van der Waals surface area contributed by atoms with Gasteiger partial charge in [-0.05, 0) is 38.0 Å². The first kappa shape index (κ1) is 20.3. The van der Waals surface area contributed by atoms with Crippen LogP contribution in [0.4, 0.5) is 8.78 Å². The number of alkyl halides is 2. The van der Waals surface area contributed by atoms with E-state index in [4.69, 9.17) is 9.84 Å². The van der Waals surface area contributed by atoms with Gasteiger partial charge in [-0.1, -0.05) is 12.1 Å². The number of hydrogen-bond acceptors (Lipinski definition) is 4. The Morgan fingerprint density at radius 3 is 2.48 bits per heavy atom. The second-order valence-corrected chi connectivity index (χ2v) is 5.97. The van der Waals surface area contributed by atoms with Crippen molar-refractivity contribution >= 4 is 11.9 Å². The summed E-state index contributed by atoms with van der Waals surface area (Å²) in [5.41, 5.74) is 2.15. The predicted octanol–water partition coefficient (Wildman–Crippen LogP) is 2.26. The van der Waals surface area contributed by atoms with Crippen molar-refractivity contribution in [3.63, 3.8) is 0 Å². The zero-order chi connectivity index (χ0) is 20.0. The molecule has 1 aromatic heterocycles. The van der Waals surface area contributed by atoms with Crippen LogP contribution in [0.2, 0.25) is 0 Å². The van der Waals surface area contributed by atoms with Crippen LogP contribution >= 0.6 is 0 Å². The fraction of sp³-hybridized carbons (Fsp3) is 0.389. The minimum Gasteiger partial charge on any atom is -0.482 e. The molecule has 0 saturated carbocycles. The molecule has 7 nitrogen and oxygen atoms in total. The summed E-state index contributed by atoms with van der Waals surface area (Å²) in [5, 5.41) is 15.1. The lowest BCUT2D eigenvalue weighted by molar-refractivity contribution is -0.139. The van der Waals surface area contributed by atoms with E-state index in [9.17, 15) is 18.4 Å². The van der Waals surface area contributed by atoms with Crippen molar-refractivity contribution in [1.29, 1.82) is 0 Å². The van der Waals surface area contributed by atoms with Crippen LogP contribution in [0.25, 0.3) is 0 Å². The van der Waals surface area contributed by atoms with Crippen LogP contribution in [-0.4, -0.2) is 39.9 Å². The molecule has 0 unspecified atom stereocenters. The van der Waals surface area contributed by atoms with E-state index in [2.05, 4.69) is 10.4 Å². The second kappa shape index (κ2) is 9.11. The molecule has 0 bridgehead atoms. The van der Waals surface area contributed by atoms with Gasteiger partial charge in [0.05, 0.1) is 12.1 Å². The third-order valence-corrected chi connectivity index (χ3v) is 4.02. The van der Waals surface area contributed by atoms with Crippen molar-refractivity contribution in [2.24, 2.45) is 0 Å². The van der Waals surface area contributed by atoms with Crippen molar-refractivity contribution in [2.45, 2.75) is 33.2 Å². The van der Waals surface area contributed by atoms with Gasteiger partial charge in [-0.2, -0.15) is 13.9 Å². The minimum atomic E-state index is -2.73. The van der Waals surface area contributed by atoms with E-state index in [1.807, 2.05) is 0 Å². The Balaban J connectivity index is 1.82. The Labute approximate surface area is 154 Å². The normalized spacial score (nSPS) is 10.9. The average Bonchev–Trinajstić information content (AvgIpc) is 2.89. The van der Waals surface area contributed by atoms with Gasteiger partial charge in [-0.3, -0.25) is 4.79 Å². The molecule has 27 heavy (non-hydrogen) atoms. The van der Waals surface area contributed by atoms with Gasteiger partial charge in [0.1, 0.15) is 5.75 Å². The maximum Gasteiger partial charge on any atom is 0.341 e. The second-order valence-electron chi connectivity index (χ2n) is 5.97. The third kappa shape index (κ3) is 5.77. The molecule has 0 aliphatic heterocycles. The highest BCUT2D eigenvalue weighted by atomic mass is 19.3. The zero-order valence-electron chi connectivity index (χ0n) is 15.0. The van der Waals surface area contributed by atoms with Gasteiger partial charge in [-0.25, -0.2) is 9.48 Å². The number of nitrogens with zero attached hydrogens (tertiary/aromatic N) is 2. The number of aliphatic carboxylic acids is 1. The van der Waals surface area contributed by atoms with Crippen LogP contribution in [0.3, 0.4) is 0 Å². The Hall–Kier alpha value is -2.97. The van der Waals surface area contributed by atoms with Crippen LogP contribution in [0, 0.1) is 13.8 Å². The average molecular weight is 381 g/mol. The van der Waals surface area contributed by atoms with Crippen LogP contribution < -0.4 is 10.1 Å². The molecule has 1 heterocycles. The number of carbonyl (C=O) groups is 2. The summed E-state index contributed by atoms with van der Waals surface area (Å²) in [6.07, 6.45) is 0.561. The first-order chi connectivity index (χ1) is 12.8. The monoisotopic (exact) mass is 381 g/mol. The van der Waals surface area contributed by atoms with Gasteiger partial charge < -0.3 is 15.2 Å². The smallest absolute Gasteiger partial charge is 0.341 e. The number of nitrogens with one attached hydrogen (secondary N) is 1. The number of rotatable bonds is 9. The molecule has 0 fully saturated rings. The molecule has 0 atom stereocenters. The molecule has 0 saturated heterocycles. The van der Waals surface area contributed by atoms with Gasteiger partial charge in [0.15, 0.2) is 6.61 Å². The highest BCUT2D eigenvalue weighted by Gasteiger charge is 2.19. The summed E-state index contributed by atoms with van der Waals surface area (Å²) >= 11 is 0. The number of amides is 1. The number of carboxylic acid groups (broad SMARTS) is 1.